The lowest BCUT2D eigenvalue weighted by Gasteiger charge is -2.20. The number of unbranched alkanes of at least 4 members (excludes halogenated alkanes) is 46. The van der Waals surface area contributed by atoms with E-state index in [1.165, 1.54) is 283 Å². The Morgan fingerprint density at radius 1 is 0.386 bits per heavy atom. The van der Waals surface area contributed by atoms with Gasteiger partial charge in [-0.2, -0.15) is 0 Å². The Balaban J connectivity index is 3.36. The number of hydrogen-bond acceptors (Lipinski definition) is 5. The zero-order valence-electron chi connectivity index (χ0n) is 47.3. The number of amides is 1. The lowest BCUT2D eigenvalue weighted by Crippen LogP contribution is -2.45. The first-order valence-corrected chi connectivity index (χ1v) is 31.6. The van der Waals surface area contributed by atoms with Crippen molar-refractivity contribution < 1.29 is 24.5 Å². The number of carbonyl (C=O) groups is 2. The first-order chi connectivity index (χ1) is 34.5. The number of esters is 1. The van der Waals surface area contributed by atoms with Crippen molar-refractivity contribution in [2.75, 3.05) is 13.2 Å². The molecule has 0 rings (SSSR count). The molecule has 0 radical (unpaired) electrons. The molecule has 0 saturated carbocycles. The van der Waals surface area contributed by atoms with Gasteiger partial charge in [-0.05, 0) is 57.8 Å². The highest BCUT2D eigenvalue weighted by Gasteiger charge is 2.18. The van der Waals surface area contributed by atoms with Crippen molar-refractivity contribution in [3.8, 4) is 0 Å². The summed E-state index contributed by atoms with van der Waals surface area (Å²) in [5, 5.41) is 23.0. The van der Waals surface area contributed by atoms with E-state index < -0.39 is 12.1 Å². The highest BCUT2D eigenvalue weighted by Crippen LogP contribution is 2.18. The molecule has 0 aromatic carbocycles. The van der Waals surface area contributed by atoms with Crippen LogP contribution in [-0.2, 0) is 14.3 Å². The van der Waals surface area contributed by atoms with Crippen LogP contribution in [0.2, 0.25) is 0 Å². The van der Waals surface area contributed by atoms with Crippen molar-refractivity contribution in [2.45, 2.75) is 360 Å². The molecule has 0 aromatic heterocycles. The molecule has 1 amide bonds. The van der Waals surface area contributed by atoms with Crippen molar-refractivity contribution in [3.63, 3.8) is 0 Å². The fraction of sp³-hybridized carbons (Fsp3) is 0.906. The van der Waals surface area contributed by atoms with Crippen molar-refractivity contribution in [1.29, 1.82) is 0 Å². The summed E-state index contributed by atoms with van der Waals surface area (Å²) in [7, 11) is 0. The molecule has 0 aliphatic carbocycles. The van der Waals surface area contributed by atoms with Crippen molar-refractivity contribution in [1.82, 2.24) is 5.32 Å². The second kappa shape index (κ2) is 59.9. The molecule has 3 N–H and O–H groups in total. The number of aliphatic hydroxyl groups is 2. The van der Waals surface area contributed by atoms with Crippen LogP contribution in [0.1, 0.15) is 348 Å². The maximum absolute atomic E-state index is 12.4. The standard InChI is InChI=1S/C64H123NO5/c1-3-5-7-9-11-13-15-16-17-18-25-29-32-35-38-42-46-50-54-58-64(69)70-59-55-51-47-43-39-36-33-30-27-24-22-20-19-21-23-26-28-31-34-37-41-45-49-53-57-63(68)65-61(60-66)62(67)56-52-48-44-40-14-12-10-8-6-4-2/h21,23,52,56,61-62,66-67H,3-20,22,24-51,53-55,57-60H2,1-2H3,(H,65,68)/b23-21-,56-52+. The molecule has 0 aliphatic heterocycles. The molecule has 0 aliphatic rings. The smallest absolute Gasteiger partial charge is 0.305 e. The molecule has 6 nitrogen and oxygen atoms in total. The van der Waals surface area contributed by atoms with Crippen molar-refractivity contribution >= 4 is 11.9 Å². The predicted molar refractivity (Wildman–Crippen MR) is 306 cm³/mol. The van der Waals surface area contributed by atoms with Gasteiger partial charge in [0.1, 0.15) is 0 Å². The number of aliphatic hydroxyl groups excluding tert-OH is 2. The largest absolute Gasteiger partial charge is 0.466 e. The van der Waals surface area contributed by atoms with E-state index in [0.29, 0.717) is 19.4 Å². The zero-order chi connectivity index (χ0) is 50.7. The molecule has 0 saturated heterocycles. The quantitative estimate of drug-likeness (QED) is 0.0321. The lowest BCUT2D eigenvalue weighted by atomic mass is 10.0. The van der Waals surface area contributed by atoms with Crippen LogP contribution in [0.25, 0.3) is 0 Å². The fourth-order valence-corrected chi connectivity index (χ4v) is 9.87. The first-order valence-electron chi connectivity index (χ1n) is 31.6. The molecular weight excluding hydrogens is 863 g/mol. The van der Waals surface area contributed by atoms with Gasteiger partial charge in [-0.3, -0.25) is 9.59 Å². The summed E-state index contributed by atoms with van der Waals surface area (Å²) in [4.78, 5) is 24.5. The highest BCUT2D eigenvalue weighted by molar-refractivity contribution is 5.76. The minimum Gasteiger partial charge on any atom is -0.466 e. The van der Waals surface area contributed by atoms with E-state index in [9.17, 15) is 19.8 Å². The molecule has 0 fully saturated rings. The molecule has 70 heavy (non-hydrogen) atoms. The normalized spacial score (nSPS) is 12.7. The summed E-state index contributed by atoms with van der Waals surface area (Å²) in [6.07, 6.45) is 73.8. The fourth-order valence-electron chi connectivity index (χ4n) is 9.87. The molecular formula is C64H123NO5. The van der Waals surface area contributed by atoms with Crippen molar-refractivity contribution in [2.24, 2.45) is 0 Å². The van der Waals surface area contributed by atoms with Crippen LogP contribution < -0.4 is 5.32 Å². The molecule has 0 aromatic rings. The summed E-state index contributed by atoms with van der Waals surface area (Å²) >= 11 is 0. The molecule has 0 heterocycles. The molecule has 6 heteroatoms. The number of hydrogen-bond donors (Lipinski definition) is 3. The number of ether oxygens (including phenoxy) is 1. The van der Waals surface area contributed by atoms with E-state index in [0.717, 1.165) is 38.5 Å². The van der Waals surface area contributed by atoms with Crippen LogP contribution in [0, 0.1) is 0 Å². The van der Waals surface area contributed by atoms with E-state index in [2.05, 4.69) is 31.3 Å². The van der Waals surface area contributed by atoms with Gasteiger partial charge in [0.05, 0.1) is 25.4 Å². The van der Waals surface area contributed by atoms with Gasteiger partial charge in [0.25, 0.3) is 0 Å². The first kappa shape index (κ1) is 68.3. The highest BCUT2D eigenvalue weighted by atomic mass is 16.5. The Kier molecular flexibility index (Phi) is 58.5. The monoisotopic (exact) mass is 986 g/mol. The second-order valence-electron chi connectivity index (χ2n) is 21.7. The third-order valence-electron chi connectivity index (χ3n) is 14.7. The third-order valence-corrected chi connectivity index (χ3v) is 14.7. The number of rotatable bonds is 59. The van der Waals surface area contributed by atoms with E-state index in [1.807, 2.05) is 6.08 Å². The van der Waals surface area contributed by atoms with Crippen LogP contribution in [-0.4, -0.2) is 47.4 Å². The molecule has 2 atom stereocenters. The van der Waals surface area contributed by atoms with Crippen LogP contribution in [0.3, 0.4) is 0 Å². The Labute approximate surface area is 437 Å². The average Bonchev–Trinajstić information content (AvgIpc) is 3.36. The second-order valence-corrected chi connectivity index (χ2v) is 21.7. The number of nitrogens with one attached hydrogen (secondary N) is 1. The van der Waals surface area contributed by atoms with Crippen molar-refractivity contribution in [3.05, 3.63) is 24.3 Å². The van der Waals surface area contributed by atoms with Gasteiger partial charge in [0.15, 0.2) is 0 Å². The van der Waals surface area contributed by atoms with E-state index in [1.54, 1.807) is 6.08 Å². The van der Waals surface area contributed by atoms with Gasteiger partial charge < -0.3 is 20.3 Å². The summed E-state index contributed by atoms with van der Waals surface area (Å²) in [5.74, 6) is -0.0565. The zero-order valence-corrected chi connectivity index (χ0v) is 47.3. The number of carbonyl (C=O) groups excluding carboxylic acids is 2. The van der Waals surface area contributed by atoms with Crippen LogP contribution in [0.15, 0.2) is 24.3 Å². The summed E-state index contributed by atoms with van der Waals surface area (Å²) in [5.41, 5.74) is 0. The van der Waals surface area contributed by atoms with Gasteiger partial charge >= 0.3 is 5.97 Å². The Bertz CT molecular complexity index is 1090. The Morgan fingerprint density at radius 2 is 0.671 bits per heavy atom. The SMILES string of the molecule is CCCCCCCCCC/C=C/C(O)C(CO)NC(=O)CCCCCCCCCC/C=C\CCCCCCCCCCCCCCOC(=O)CCCCCCCCCCCCCCCCCCCCC. The molecule has 0 spiro atoms. The van der Waals surface area contributed by atoms with Crippen LogP contribution in [0.4, 0.5) is 0 Å². The van der Waals surface area contributed by atoms with E-state index in [4.69, 9.17) is 4.74 Å². The maximum Gasteiger partial charge on any atom is 0.305 e. The van der Waals surface area contributed by atoms with Crippen LogP contribution >= 0.6 is 0 Å². The topological polar surface area (TPSA) is 95.9 Å². The average molecular weight is 987 g/mol. The van der Waals surface area contributed by atoms with Crippen LogP contribution in [0.5, 0.6) is 0 Å². The Morgan fingerprint density at radius 3 is 1.01 bits per heavy atom. The predicted octanol–water partition coefficient (Wildman–Crippen LogP) is 19.8. The summed E-state index contributed by atoms with van der Waals surface area (Å²) in [6, 6.07) is -0.629. The minimum atomic E-state index is -0.845. The minimum absolute atomic E-state index is 0.0170. The van der Waals surface area contributed by atoms with Gasteiger partial charge in [-0.15, -0.1) is 0 Å². The Hall–Kier alpha value is -1.66. The van der Waals surface area contributed by atoms with Gasteiger partial charge in [-0.25, -0.2) is 0 Å². The summed E-state index contributed by atoms with van der Waals surface area (Å²) < 4.78 is 5.50. The molecule has 414 valence electrons. The van der Waals surface area contributed by atoms with E-state index in [-0.39, 0.29) is 18.5 Å². The third kappa shape index (κ3) is 55.7. The van der Waals surface area contributed by atoms with Gasteiger partial charge in [-0.1, -0.05) is 301 Å². The molecule has 2 unspecified atom stereocenters. The maximum atomic E-state index is 12.4. The molecule has 0 bridgehead atoms. The summed E-state index contributed by atoms with van der Waals surface area (Å²) in [6.45, 7) is 4.90. The number of allylic oxidation sites excluding steroid dienone is 3. The van der Waals surface area contributed by atoms with Gasteiger partial charge in [0, 0.05) is 12.8 Å². The van der Waals surface area contributed by atoms with Gasteiger partial charge in [0.2, 0.25) is 5.91 Å². The lowest BCUT2D eigenvalue weighted by molar-refractivity contribution is -0.143. The van der Waals surface area contributed by atoms with E-state index >= 15 is 0 Å².